The van der Waals surface area contributed by atoms with E-state index in [-0.39, 0.29) is 10.3 Å². The molecule has 0 aliphatic carbocycles. The van der Waals surface area contributed by atoms with Gasteiger partial charge in [-0.3, -0.25) is 0 Å². The Morgan fingerprint density at radius 1 is 0.488 bits per heavy atom. The summed E-state index contributed by atoms with van der Waals surface area (Å²) in [7, 11) is 6.89. The van der Waals surface area contributed by atoms with Gasteiger partial charge in [0, 0.05) is 12.4 Å². The van der Waals surface area contributed by atoms with Crippen molar-refractivity contribution in [2.45, 2.75) is 145 Å². The topological polar surface area (TPSA) is 51.6 Å². The number of hydrogen-bond donors (Lipinski definition) is 0. The molecule has 2 heterocycles. The molecule has 0 atom stereocenters. The predicted octanol–water partition coefficient (Wildman–Crippen LogP) is 13.2. The van der Waals surface area contributed by atoms with Gasteiger partial charge in [-0.15, -0.1) is 0 Å². The number of halogens is 5. The molecule has 248 valence electrons. The summed E-state index contributed by atoms with van der Waals surface area (Å²) >= 11 is 18.3. The molecule has 0 saturated carbocycles. The van der Waals surface area contributed by atoms with Crippen molar-refractivity contribution < 1.29 is 0 Å². The third-order valence-electron chi connectivity index (χ3n) is 7.81. The van der Waals surface area contributed by atoms with E-state index >= 15 is 0 Å². The van der Waals surface area contributed by atoms with Crippen molar-refractivity contribution in [1.29, 1.82) is 0 Å². The SMILES string of the molecule is CCC[CH2][Sn]([CH2]CCC)([CH2]CCC)[c]1cnc(Cl)c(Cl)n1.CCC[CH2][Sn]([Cl])([CH2]CCC)[CH2]CCC.Clc1nccnc1Cl. The smallest absolute Gasteiger partial charge is 0.166 e. The number of unbranched alkanes of at least 4 members (excludes halogenated alkanes) is 6. The first-order valence-corrected chi connectivity index (χ1v) is 35.2. The van der Waals surface area contributed by atoms with E-state index in [0.717, 1.165) is 0 Å². The zero-order chi connectivity index (χ0) is 32.6. The third-order valence-corrected chi connectivity index (χ3v) is 38.6. The molecule has 0 N–H and O–H groups in total. The standard InChI is InChI=1S/C4H2Cl2N2.C4HCl2N2.6C4H9.ClH.2Sn/c2*5-3-4(6)8-2-1-7-3;6*1-3-4-2;;;/h1-2H;1H;6*1,3-4H2,2H3;1H;;/q;;;;;;;;;;+1/p-1. The van der Waals surface area contributed by atoms with Gasteiger partial charge in [-0.05, 0) is 0 Å². The Morgan fingerprint density at radius 2 is 0.814 bits per heavy atom. The van der Waals surface area contributed by atoms with E-state index in [4.69, 9.17) is 55.3 Å². The third kappa shape index (κ3) is 19.6. The van der Waals surface area contributed by atoms with E-state index in [2.05, 4.69) is 61.5 Å². The summed E-state index contributed by atoms with van der Waals surface area (Å²) in [5.74, 6) is 0. The van der Waals surface area contributed by atoms with Crippen molar-refractivity contribution in [2.75, 3.05) is 0 Å². The fourth-order valence-electron chi connectivity index (χ4n) is 5.07. The minimum atomic E-state index is -2.49. The van der Waals surface area contributed by atoms with Gasteiger partial charge < -0.3 is 0 Å². The molecule has 43 heavy (non-hydrogen) atoms. The molecule has 11 heteroatoms. The average Bonchev–Trinajstić information content (AvgIpc) is 3.01. The first-order valence-electron chi connectivity index (χ1n) is 16.6. The van der Waals surface area contributed by atoms with E-state index in [1.807, 2.05) is 6.20 Å². The van der Waals surface area contributed by atoms with Crippen LogP contribution >= 0.6 is 55.3 Å². The number of hydrogen-bond acceptors (Lipinski definition) is 4. The van der Waals surface area contributed by atoms with Crippen molar-refractivity contribution in [3.05, 3.63) is 39.2 Å². The molecule has 4 nitrogen and oxygen atoms in total. The zero-order valence-corrected chi connectivity index (χ0v) is 37.1. The molecule has 0 unspecified atom stereocenters. The number of rotatable bonds is 19. The molecular formula is C32H57Cl5N4Sn2. The van der Waals surface area contributed by atoms with Gasteiger partial charge in [0.05, 0.1) is 0 Å². The van der Waals surface area contributed by atoms with Gasteiger partial charge in [0.1, 0.15) is 0 Å². The summed E-state index contributed by atoms with van der Waals surface area (Å²) in [5, 5.41) is 1.21. The van der Waals surface area contributed by atoms with E-state index < -0.39 is 35.6 Å². The first-order chi connectivity index (χ1) is 20.6. The fourth-order valence-corrected chi connectivity index (χ4v) is 34.1. The molecule has 0 saturated heterocycles. The Kier molecular flexibility index (Phi) is 28.0. The maximum Gasteiger partial charge on any atom is 0.166 e. The van der Waals surface area contributed by atoms with Gasteiger partial charge in [0.2, 0.25) is 0 Å². The molecular weight excluding hydrogens is 855 g/mol. The molecule has 0 aliphatic rings. The number of aromatic nitrogens is 4. The summed E-state index contributed by atoms with van der Waals surface area (Å²) in [6.45, 7) is 13.7. The summed E-state index contributed by atoms with van der Waals surface area (Å²) in [6, 6.07) is 0. The molecule has 0 aromatic carbocycles. The van der Waals surface area contributed by atoms with E-state index in [9.17, 15) is 0 Å². The van der Waals surface area contributed by atoms with Crippen LogP contribution in [0, 0.1) is 0 Å². The number of nitrogens with zero attached hydrogens (tertiary/aromatic N) is 4. The van der Waals surface area contributed by atoms with E-state index in [0.29, 0.717) is 10.3 Å². The fraction of sp³-hybridized carbons (Fsp3) is 0.750. The largest absolute Gasteiger partial charge is 0.240 e. The Hall–Kier alpha value is 1.21. The van der Waals surface area contributed by atoms with Crippen LogP contribution < -0.4 is 3.71 Å². The van der Waals surface area contributed by atoms with Crippen LogP contribution in [0.3, 0.4) is 0 Å². The Labute approximate surface area is 296 Å². The van der Waals surface area contributed by atoms with Crippen molar-refractivity contribution >= 4 is 94.7 Å². The van der Waals surface area contributed by atoms with Crippen LogP contribution in [0.5, 0.6) is 0 Å². The van der Waals surface area contributed by atoms with Crippen molar-refractivity contribution in [3.63, 3.8) is 0 Å². The monoisotopic (exact) mass is 912 g/mol. The van der Waals surface area contributed by atoms with Crippen LogP contribution in [-0.4, -0.2) is 55.6 Å². The van der Waals surface area contributed by atoms with Crippen LogP contribution in [0.15, 0.2) is 18.6 Å². The normalized spacial score (nSPS) is 11.4. The quantitative estimate of drug-likeness (QED) is 0.132. The van der Waals surface area contributed by atoms with Gasteiger partial charge in [-0.1, -0.05) is 23.2 Å². The summed E-state index contributed by atoms with van der Waals surface area (Å²) in [4.78, 5) is 16.3. The van der Waals surface area contributed by atoms with Crippen LogP contribution in [0.4, 0.5) is 0 Å². The van der Waals surface area contributed by atoms with Gasteiger partial charge in [0.25, 0.3) is 0 Å². The maximum absolute atomic E-state index is 6.89. The van der Waals surface area contributed by atoms with Crippen LogP contribution in [-0.2, 0) is 0 Å². The second kappa shape index (κ2) is 27.2. The van der Waals surface area contributed by atoms with Gasteiger partial charge >= 0.3 is 243 Å². The Morgan fingerprint density at radius 3 is 1.12 bits per heavy atom. The zero-order valence-electron chi connectivity index (χ0n) is 27.6. The summed E-state index contributed by atoms with van der Waals surface area (Å²) in [5.41, 5.74) is 0. The van der Waals surface area contributed by atoms with E-state index in [1.165, 1.54) is 120 Å². The molecule has 2 rings (SSSR count). The minimum absolute atomic E-state index is 0.245. The Bertz CT molecular complexity index is 907. The molecule has 0 bridgehead atoms. The first kappa shape index (κ1) is 44.2. The van der Waals surface area contributed by atoms with Gasteiger partial charge in [-0.2, -0.15) is 0 Å². The summed E-state index contributed by atoms with van der Waals surface area (Å²) < 4.78 is 9.63. The Balaban J connectivity index is 0.000000685. The van der Waals surface area contributed by atoms with Crippen molar-refractivity contribution in [3.8, 4) is 0 Å². The van der Waals surface area contributed by atoms with Gasteiger partial charge in [-0.25, -0.2) is 9.97 Å². The van der Waals surface area contributed by atoms with Gasteiger partial charge in [0.15, 0.2) is 10.3 Å². The van der Waals surface area contributed by atoms with Crippen LogP contribution in [0.25, 0.3) is 0 Å². The second-order valence-electron chi connectivity index (χ2n) is 11.5. The summed E-state index contributed by atoms with van der Waals surface area (Å²) in [6.07, 6.45) is 20.7. The second-order valence-corrected chi connectivity index (χ2v) is 42.2. The van der Waals surface area contributed by atoms with Crippen molar-refractivity contribution in [2.24, 2.45) is 0 Å². The minimum Gasteiger partial charge on any atom is -0.240 e. The maximum atomic E-state index is 6.89. The average molecular weight is 913 g/mol. The molecule has 0 fully saturated rings. The molecule has 0 spiro atoms. The molecule has 0 aliphatic heterocycles. The molecule has 0 amide bonds. The van der Waals surface area contributed by atoms with Crippen LogP contribution in [0.1, 0.15) is 119 Å². The van der Waals surface area contributed by atoms with E-state index in [1.54, 1.807) is 0 Å². The predicted molar refractivity (Wildman–Crippen MR) is 199 cm³/mol. The van der Waals surface area contributed by atoms with Crippen molar-refractivity contribution in [1.82, 2.24) is 19.9 Å². The molecule has 2 aromatic heterocycles. The molecule has 0 radical (unpaired) electrons. The van der Waals surface area contributed by atoms with Crippen LogP contribution in [0.2, 0.25) is 47.2 Å². The molecule has 2 aromatic rings.